The molecule has 0 bridgehead atoms. The van der Waals surface area contributed by atoms with Crippen molar-refractivity contribution in [1.82, 2.24) is 4.90 Å². The Balaban J connectivity index is 1.47. The summed E-state index contributed by atoms with van der Waals surface area (Å²) in [5.74, 6) is 0.681. The fourth-order valence-electron chi connectivity index (χ4n) is 3.38. The molecule has 2 aromatic rings. The third-order valence-corrected chi connectivity index (χ3v) is 5.12. The second kappa shape index (κ2) is 9.20. The molecule has 1 N–H and O–H groups in total. The maximum atomic E-state index is 12.4. The van der Waals surface area contributed by atoms with Crippen molar-refractivity contribution in [3.63, 3.8) is 0 Å². The van der Waals surface area contributed by atoms with Gasteiger partial charge in [-0.15, -0.1) is 0 Å². The first-order chi connectivity index (χ1) is 14.2. The average Bonchev–Trinajstić information content (AvgIpc) is 2.73. The summed E-state index contributed by atoms with van der Waals surface area (Å²) in [6.45, 7) is 10.9. The number of rotatable bonds is 5. The van der Waals surface area contributed by atoms with Crippen LogP contribution in [0.3, 0.4) is 0 Å². The molecule has 1 aliphatic rings. The summed E-state index contributed by atoms with van der Waals surface area (Å²) in [5, 5.41) is 2.86. The fourth-order valence-corrected chi connectivity index (χ4v) is 3.38. The van der Waals surface area contributed by atoms with Crippen LogP contribution in [-0.2, 0) is 9.59 Å². The van der Waals surface area contributed by atoms with Crippen LogP contribution in [0.15, 0.2) is 48.5 Å². The van der Waals surface area contributed by atoms with Crippen molar-refractivity contribution in [3.05, 3.63) is 54.1 Å². The van der Waals surface area contributed by atoms with Crippen LogP contribution in [-0.4, -0.2) is 49.5 Å². The molecule has 0 aliphatic carbocycles. The van der Waals surface area contributed by atoms with Crippen molar-refractivity contribution in [3.8, 4) is 5.75 Å². The Kier molecular flexibility index (Phi) is 6.65. The fraction of sp³-hybridized carbons (Fsp3) is 0.417. The number of amides is 2. The van der Waals surface area contributed by atoms with E-state index in [1.165, 1.54) is 0 Å². The molecule has 0 saturated carbocycles. The molecule has 1 saturated heterocycles. The predicted molar refractivity (Wildman–Crippen MR) is 120 cm³/mol. The van der Waals surface area contributed by atoms with Crippen LogP contribution in [0.1, 0.15) is 26.3 Å². The minimum absolute atomic E-state index is 0.0332. The van der Waals surface area contributed by atoms with E-state index < -0.39 is 0 Å². The third kappa shape index (κ3) is 5.75. The molecule has 0 spiro atoms. The Labute approximate surface area is 178 Å². The lowest BCUT2D eigenvalue weighted by Crippen LogP contribution is -2.51. The number of aryl methyl sites for hydroxylation is 1. The summed E-state index contributed by atoms with van der Waals surface area (Å²) in [7, 11) is 0. The number of hydrogen-bond acceptors (Lipinski definition) is 4. The Morgan fingerprint density at radius 2 is 1.53 bits per heavy atom. The van der Waals surface area contributed by atoms with E-state index in [-0.39, 0.29) is 23.8 Å². The van der Waals surface area contributed by atoms with Gasteiger partial charge in [-0.2, -0.15) is 0 Å². The number of benzene rings is 2. The largest absolute Gasteiger partial charge is 0.484 e. The van der Waals surface area contributed by atoms with E-state index in [1.807, 2.05) is 81.1 Å². The van der Waals surface area contributed by atoms with E-state index >= 15 is 0 Å². The van der Waals surface area contributed by atoms with Crippen LogP contribution < -0.4 is 15.0 Å². The zero-order valence-corrected chi connectivity index (χ0v) is 18.3. The number of nitrogens with one attached hydrogen (secondary N) is 1. The quantitative estimate of drug-likeness (QED) is 0.818. The molecule has 3 rings (SSSR count). The standard InChI is InChI=1S/C24H31N3O3/c1-18-5-11-21(12-6-18)30-17-22(28)25-19-7-9-20(10-8-19)26-13-15-27(16-14-26)23(29)24(2,3)4/h5-12H,13-17H2,1-4H3,(H,25,28). The first kappa shape index (κ1) is 21.7. The highest BCUT2D eigenvalue weighted by Crippen LogP contribution is 2.22. The summed E-state index contributed by atoms with van der Waals surface area (Å²) >= 11 is 0. The number of carbonyl (C=O) groups excluding carboxylic acids is 2. The molecule has 1 heterocycles. The maximum Gasteiger partial charge on any atom is 0.262 e. The van der Waals surface area contributed by atoms with Gasteiger partial charge in [0.05, 0.1) is 0 Å². The Bertz CT molecular complexity index is 862. The van der Waals surface area contributed by atoms with Crippen LogP contribution in [0.5, 0.6) is 5.75 Å². The molecule has 1 aliphatic heterocycles. The first-order valence-electron chi connectivity index (χ1n) is 10.4. The van der Waals surface area contributed by atoms with Crippen LogP contribution in [0.2, 0.25) is 0 Å². The average molecular weight is 410 g/mol. The zero-order valence-electron chi connectivity index (χ0n) is 18.3. The van der Waals surface area contributed by atoms with Gasteiger partial charge < -0.3 is 19.9 Å². The lowest BCUT2D eigenvalue weighted by molar-refractivity contribution is -0.139. The summed E-state index contributed by atoms with van der Waals surface area (Å²) < 4.78 is 5.51. The van der Waals surface area contributed by atoms with E-state index in [2.05, 4.69) is 10.2 Å². The van der Waals surface area contributed by atoms with E-state index in [0.29, 0.717) is 5.75 Å². The molecule has 0 unspecified atom stereocenters. The third-order valence-electron chi connectivity index (χ3n) is 5.12. The van der Waals surface area contributed by atoms with Crippen molar-refractivity contribution in [1.29, 1.82) is 0 Å². The normalized spacial score (nSPS) is 14.4. The first-order valence-corrected chi connectivity index (χ1v) is 10.4. The number of anilines is 2. The maximum absolute atomic E-state index is 12.4. The smallest absolute Gasteiger partial charge is 0.262 e. The molecular formula is C24H31N3O3. The van der Waals surface area contributed by atoms with Gasteiger partial charge in [0.15, 0.2) is 6.61 Å². The SMILES string of the molecule is Cc1ccc(OCC(=O)Nc2ccc(N3CCN(C(=O)C(C)(C)C)CC3)cc2)cc1. The highest BCUT2D eigenvalue weighted by atomic mass is 16.5. The molecule has 1 fully saturated rings. The highest BCUT2D eigenvalue weighted by molar-refractivity contribution is 5.92. The molecule has 160 valence electrons. The van der Waals surface area contributed by atoms with Gasteiger partial charge in [0, 0.05) is 43.0 Å². The monoisotopic (exact) mass is 409 g/mol. The van der Waals surface area contributed by atoms with E-state index in [4.69, 9.17) is 4.74 Å². The predicted octanol–water partition coefficient (Wildman–Crippen LogP) is 3.71. The number of carbonyl (C=O) groups is 2. The topological polar surface area (TPSA) is 61.9 Å². The number of hydrogen-bond donors (Lipinski definition) is 1. The Morgan fingerprint density at radius 3 is 2.10 bits per heavy atom. The summed E-state index contributed by atoms with van der Waals surface area (Å²) in [5.41, 5.74) is 2.63. The molecule has 6 heteroatoms. The van der Waals surface area contributed by atoms with E-state index in [9.17, 15) is 9.59 Å². The molecule has 0 atom stereocenters. The Morgan fingerprint density at radius 1 is 0.933 bits per heavy atom. The molecule has 0 radical (unpaired) electrons. The molecule has 2 amide bonds. The van der Waals surface area contributed by atoms with Crippen molar-refractivity contribution < 1.29 is 14.3 Å². The molecular weight excluding hydrogens is 378 g/mol. The van der Waals surface area contributed by atoms with Gasteiger partial charge in [-0.05, 0) is 43.3 Å². The second-order valence-electron chi connectivity index (χ2n) is 8.73. The number of ether oxygens (including phenoxy) is 1. The number of nitrogens with zero attached hydrogens (tertiary/aromatic N) is 2. The van der Waals surface area contributed by atoms with Crippen LogP contribution in [0, 0.1) is 12.3 Å². The summed E-state index contributed by atoms with van der Waals surface area (Å²) in [6, 6.07) is 15.4. The van der Waals surface area contributed by atoms with E-state index in [0.717, 1.165) is 43.1 Å². The number of piperazine rings is 1. The van der Waals surface area contributed by atoms with Crippen molar-refractivity contribution in [2.45, 2.75) is 27.7 Å². The molecule has 6 nitrogen and oxygen atoms in total. The molecule has 2 aromatic carbocycles. The van der Waals surface area contributed by atoms with Crippen LogP contribution in [0.4, 0.5) is 11.4 Å². The van der Waals surface area contributed by atoms with Gasteiger partial charge in [0.2, 0.25) is 5.91 Å². The Hall–Kier alpha value is -3.02. The molecule has 0 aromatic heterocycles. The van der Waals surface area contributed by atoms with Gasteiger partial charge in [0.1, 0.15) is 5.75 Å². The van der Waals surface area contributed by atoms with Gasteiger partial charge in [0.25, 0.3) is 5.91 Å². The molecule has 30 heavy (non-hydrogen) atoms. The minimum Gasteiger partial charge on any atom is -0.484 e. The summed E-state index contributed by atoms with van der Waals surface area (Å²) in [6.07, 6.45) is 0. The van der Waals surface area contributed by atoms with Crippen LogP contribution in [0.25, 0.3) is 0 Å². The van der Waals surface area contributed by atoms with Gasteiger partial charge in [-0.3, -0.25) is 9.59 Å². The lowest BCUT2D eigenvalue weighted by Gasteiger charge is -2.38. The minimum atomic E-state index is -0.342. The van der Waals surface area contributed by atoms with Gasteiger partial charge in [-0.1, -0.05) is 38.5 Å². The van der Waals surface area contributed by atoms with Crippen molar-refractivity contribution >= 4 is 23.2 Å². The zero-order chi connectivity index (χ0) is 21.7. The van der Waals surface area contributed by atoms with Crippen molar-refractivity contribution in [2.75, 3.05) is 43.0 Å². The van der Waals surface area contributed by atoms with Crippen molar-refractivity contribution in [2.24, 2.45) is 5.41 Å². The lowest BCUT2D eigenvalue weighted by atomic mass is 9.94. The van der Waals surface area contributed by atoms with Gasteiger partial charge >= 0.3 is 0 Å². The second-order valence-corrected chi connectivity index (χ2v) is 8.73. The highest BCUT2D eigenvalue weighted by Gasteiger charge is 2.29. The van der Waals surface area contributed by atoms with E-state index in [1.54, 1.807) is 0 Å². The summed E-state index contributed by atoms with van der Waals surface area (Å²) in [4.78, 5) is 28.8. The van der Waals surface area contributed by atoms with Crippen LogP contribution >= 0.6 is 0 Å². The van der Waals surface area contributed by atoms with Gasteiger partial charge in [-0.25, -0.2) is 0 Å².